The average molecular weight is 384 g/mol. The lowest BCUT2D eigenvalue weighted by Gasteiger charge is -2.36. The summed E-state index contributed by atoms with van der Waals surface area (Å²) in [5, 5.41) is 0. The number of benzene rings is 1. The number of carbonyl (C=O) groups excluding carboxylic acids is 1. The number of halogens is 1. The van der Waals surface area contributed by atoms with E-state index in [0.717, 1.165) is 12.8 Å². The van der Waals surface area contributed by atoms with Gasteiger partial charge in [-0.25, -0.2) is 17.1 Å². The molecule has 0 atom stereocenters. The number of carbonyl (C=O) groups is 1. The third-order valence-corrected chi connectivity index (χ3v) is 6.45. The van der Waals surface area contributed by atoms with Crippen LogP contribution < -0.4 is 4.74 Å². The molecule has 0 saturated carbocycles. The zero-order chi connectivity index (χ0) is 18.7. The maximum absolute atomic E-state index is 12.9. The Labute approximate surface area is 154 Å². The molecule has 2 heterocycles. The van der Waals surface area contributed by atoms with Crippen molar-refractivity contribution in [2.45, 2.75) is 31.8 Å². The number of ether oxygens (including phenoxy) is 1. The van der Waals surface area contributed by atoms with Gasteiger partial charge in [0.05, 0.1) is 6.26 Å². The van der Waals surface area contributed by atoms with Gasteiger partial charge in [0.25, 0.3) is 0 Å². The quantitative estimate of drug-likeness (QED) is 0.795. The zero-order valence-corrected chi connectivity index (χ0v) is 15.8. The Balaban J connectivity index is 1.46. The van der Waals surface area contributed by atoms with Crippen LogP contribution in [0, 0.1) is 11.7 Å². The number of hydrogen-bond donors (Lipinski definition) is 0. The van der Waals surface area contributed by atoms with E-state index in [1.807, 2.05) is 4.90 Å². The topological polar surface area (TPSA) is 66.9 Å². The van der Waals surface area contributed by atoms with Crippen LogP contribution in [0.15, 0.2) is 24.3 Å². The fourth-order valence-electron chi connectivity index (χ4n) is 3.59. The summed E-state index contributed by atoms with van der Waals surface area (Å²) in [6, 6.07) is 5.97. The molecule has 144 valence electrons. The second-order valence-corrected chi connectivity index (χ2v) is 9.02. The molecular formula is C18H25FN2O4S. The van der Waals surface area contributed by atoms with Crippen molar-refractivity contribution in [1.29, 1.82) is 0 Å². The Morgan fingerprint density at radius 2 is 1.62 bits per heavy atom. The lowest BCUT2D eigenvalue weighted by Crippen LogP contribution is -2.47. The van der Waals surface area contributed by atoms with E-state index in [-0.39, 0.29) is 23.7 Å². The Morgan fingerprint density at radius 1 is 1.04 bits per heavy atom. The molecular weight excluding hydrogens is 359 g/mol. The van der Waals surface area contributed by atoms with Crippen molar-refractivity contribution in [3.8, 4) is 5.75 Å². The Bertz CT molecular complexity index is 722. The van der Waals surface area contributed by atoms with E-state index in [2.05, 4.69) is 0 Å². The van der Waals surface area contributed by atoms with Gasteiger partial charge in [-0.2, -0.15) is 0 Å². The Morgan fingerprint density at radius 3 is 2.15 bits per heavy atom. The maximum Gasteiger partial charge on any atom is 0.225 e. The fourth-order valence-corrected chi connectivity index (χ4v) is 4.47. The van der Waals surface area contributed by atoms with Crippen molar-refractivity contribution < 1.29 is 22.3 Å². The van der Waals surface area contributed by atoms with Crippen molar-refractivity contribution in [2.75, 3.05) is 32.4 Å². The van der Waals surface area contributed by atoms with E-state index >= 15 is 0 Å². The minimum atomic E-state index is -3.17. The largest absolute Gasteiger partial charge is 0.490 e. The third kappa shape index (κ3) is 4.73. The number of hydrogen-bond acceptors (Lipinski definition) is 4. The fraction of sp³-hybridized carbons (Fsp3) is 0.611. The predicted octanol–water partition coefficient (Wildman–Crippen LogP) is 1.87. The van der Waals surface area contributed by atoms with Crippen LogP contribution in [-0.4, -0.2) is 62.1 Å². The molecule has 0 bridgehead atoms. The van der Waals surface area contributed by atoms with E-state index in [9.17, 15) is 17.6 Å². The first-order valence-corrected chi connectivity index (χ1v) is 10.8. The lowest BCUT2D eigenvalue weighted by atomic mass is 9.95. The molecule has 0 unspecified atom stereocenters. The second kappa shape index (κ2) is 7.92. The van der Waals surface area contributed by atoms with Crippen LogP contribution in [0.2, 0.25) is 0 Å². The lowest BCUT2D eigenvalue weighted by molar-refractivity contribution is -0.138. The molecule has 2 saturated heterocycles. The molecule has 1 aromatic rings. The number of nitrogens with zero attached hydrogens (tertiary/aromatic N) is 2. The van der Waals surface area contributed by atoms with Gasteiger partial charge in [-0.15, -0.1) is 0 Å². The van der Waals surface area contributed by atoms with Crippen LogP contribution in [0.4, 0.5) is 4.39 Å². The molecule has 3 rings (SSSR count). The normalized spacial score (nSPS) is 20.9. The zero-order valence-electron chi connectivity index (χ0n) is 14.9. The second-order valence-electron chi connectivity index (χ2n) is 7.03. The monoisotopic (exact) mass is 384 g/mol. The van der Waals surface area contributed by atoms with Gasteiger partial charge in [0.2, 0.25) is 15.9 Å². The third-order valence-electron chi connectivity index (χ3n) is 5.14. The van der Waals surface area contributed by atoms with Gasteiger partial charge in [-0.05, 0) is 37.1 Å². The van der Waals surface area contributed by atoms with E-state index in [4.69, 9.17) is 4.74 Å². The minimum absolute atomic E-state index is 0.0246. The van der Waals surface area contributed by atoms with Crippen LogP contribution in [0.25, 0.3) is 0 Å². The number of rotatable bonds is 4. The van der Waals surface area contributed by atoms with Gasteiger partial charge in [0.1, 0.15) is 17.7 Å². The van der Waals surface area contributed by atoms with Gasteiger partial charge < -0.3 is 9.64 Å². The summed E-state index contributed by atoms with van der Waals surface area (Å²) in [6.07, 6.45) is 3.88. The highest BCUT2D eigenvalue weighted by Crippen LogP contribution is 2.24. The van der Waals surface area contributed by atoms with E-state index in [0.29, 0.717) is 44.8 Å². The molecule has 0 spiro atoms. The molecule has 2 aliphatic rings. The molecule has 0 N–H and O–H groups in total. The number of amides is 1. The first-order chi connectivity index (χ1) is 12.3. The highest BCUT2D eigenvalue weighted by molar-refractivity contribution is 7.88. The van der Waals surface area contributed by atoms with Crippen molar-refractivity contribution in [3.63, 3.8) is 0 Å². The van der Waals surface area contributed by atoms with E-state index in [1.54, 1.807) is 12.1 Å². The average Bonchev–Trinajstić information content (AvgIpc) is 2.63. The molecule has 0 aliphatic carbocycles. The van der Waals surface area contributed by atoms with E-state index in [1.165, 1.54) is 22.7 Å². The molecule has 8 heteroatoms. The summed E-state index contributed by atoms with van der Waals surface area (Å²) in [5.41, 5.74) is 0. The first-order valence-electron chi connectivity index (χ1n) is 8.99. The van der Waals surface area contributed by atoms with Crippen LogP contribution in [0.1, 0.15) is 25.7 Å². The number of piperidine rings is 2. The first kappa shape index (κ1) is 19.1. The standard InChI is InChI=1S/C18H25FN2O4S/c1-26(23,24)21-12-6-14(7-13-21)18(22)20-10-8-17(9-11-20)25-16-4-2-15(19)3-5-16/h2-5,14,17H,6-13H2,1H3. The van der Waals surface area contributed by atoms with Gasteiger partial charge in [0, 0.05) is 44.9 Å². The summed E-state index contributed by atoms with van der Waals surface area (Å²) < 4.78 is 43.4. The van der Waals surface area contributed by atoms with Gasteiger partial charge >= 0.3 is 0 Å². The van der Waals surface area contributed by atoms with Crippen molar-refractivity contribution in [1.82, 2.24) is 9.21 Å². The van der Waals surface area contributed by atoms with Crippen molar-refractivity contribution >= 4 is 15.9 Å². The summed E-state index contributed by atoms with van der Waals surface area (Å²) in [6.45, 7) is 2.10. The van der Waals surface area contributed by atoms with Crippen molar-refractivity contribution in [3.05, 3.63) is 30.1 Å². The summed E-state index contributed by atoms with van der Waals surface area (Å²) in [7, 11) is -3.17. The van der Waals surface area contributed by atoms with Crippen molar-refractivity contribution in [2.24, 2.45) is 5.92 Å². The van der Waals surface area contributed by atoms with Crippen LogP contribution in [0.5, 0.6) is 5.75 Å². The van der Waals surface area contributed by atoms with Crippen LogP contribution >= 0.6 is 0 Å². The molecule has 0 aromatic heterocycles. The smallest absolute Gasteiger partial charge is 0.225 e. The predicted molar refractivity (Wildman–Crippen MR) is 95.8 cm³/mol. The summed E-state index contributed by atoms with van der Waals surface area (Å²) >= 11 is 0. The highest BCUT2D eigenvalue weighted by Gasteiger charge is 2.33. The molecule has 2 aliphatic heterocycles. The maximum atomic E-state index is 12.9. The highest BCUT2D eigenvalue weighted by atomic mass is 32.2. The van der Waals surface area contributed by atoms with Crippen LogP contribution in [0.3, 0.4) is 0 Å². The summed E-state index contributed by atoms with van der Waals surface area (Å²) in [5.74, 6) is 0.380. The SMILES string of the molecule is CS(=O)(=O)N1CCC(C(=O)N2CCC(Oc3ccc(F)cc3)CC2)CC1. The summed E-state index contributed by atoms with van der Waals surface area (Å²) in [4.78, 5) is 14.6. The van der Waals surface area contributed by atoms with Gasteiger partial charge in [-0.3, -0.25) is 4.79 Å². The molecule has 6 nitrogen and oxygen atoms in total. The van der Waals surface area contributed by atoms with E-state index < -0.39 is 10.0 Å². The number of sulfonamides is 1. The molecule has 26 heavy (non-hydrogen) atoms. The van der Waals surface area contributed by atoms with Crippen LogP contribution in [-0.2, 0) is 14.8 Å². The molecule has 1 amide bonds. The minimum Gasteiger partial charge on any atom is -0.490 e. The molecule has 1 aromatic carbocycles. The van der Waals surface area contributed by atoms with Gasteiger partial charge in [0.15, 0.2) is 0 Å². The number of likely N-dealkylation sites (tertiary alicyclic amines) is 1. The Hall–Kier alpha value is -1.67. The molecule has 0 radical (unpaired) electrons. The molecule has 2 fully saturated rings. The van der Waals surface area contributed by atoms with Gasteiger partial charge in [-0.1, -0.05) is 0 Å². The Kier molecular flexibility index (Phi) is 5.82.